The fourth-order valence-electron chi connectivity index (χ4n) is 3.67. The van der Waals surface area contributed by atoms with Gasteiger partial charge in [0.1, 0.15) is 16.5 Å². The molecule has 3 aromatic carbocycles. The Bertz CT molecular complexity index is 1290. The number of hydrogen-bond acceptors (Lipinski definition) is 4. The summed E-state index contributed by atoms with van der Waals surface area (Å²) in [5, 5.41) is 5.15. The molecule has 0 aliphatic carbocycles. The lowest BCUT2D eigenvalue weighted by Gasteiger charge is -2.22. The van der Waals surface area contributed by atoms with Crippen molar-refractivity contribution in [1.82, 2.24) is 15.2 Å². The monoisotopic (exact) mass is 513 g/mol. The molecule has 1 aromatic heterocycles. The van der Waals surface area contributed by atoms with E-state index in [4.69, 9.17) is 0 Å². The maximum absolute atomic E-state index is 13.4. The lowest BCUT2D eigenvalue weighted by Crippen LogP contribution is -2.24. The van der Waals surface area contributed by atoms with Gasteiger partial charge in [0.15, 0.2) is 0 Å². The third-order valence-electron chi connectivity index (χ3n) is 5.42. The first-order chi connectivity index (χ1) is 17.3. The lowest BCUT2D eigenvalue weighted by atomic mass is 10.1. The highest BCUT2D eigenvalue weighted by Crippen LogP contribution is 2.30. The zero-order valence-corrected chi connectivity index (χ0v) is 20.0. The number of aromatic nitrogens is 1. The predicted octanol–water partition coefficient (Wildman–Crippen LogP) is 6.43. The van der Waals surface area contributed by atoms with E-state index in [0.29, 0.717) is 30.2 Å². The highest BCUT2D eigenvalue weighted by atomic mass is 32.1. The molecule has 0 fully saturated rings. The molecule has 0 atom stereocenters. The van der Waals surface area contributed by atoms with E-state index in [1.807, 2.05) is 35.2 Å². The number of amides is 1. The van der Waals surface area contributed by atoms with Crippen LogP contribution in [0, 0.1) is 5.82 Å². The number of nitrogens with one attached hydrogen (secondary N) is 1. The molecule has 9 heteroatoms. The van der Waals surface area contributed by atoms with Gasteiger partial charge < -0.3 is 5.32 Å². The number of alkyl halides is 3. The van der Waals surface area contributed by atoms with Crippen LogP contribution in [0.2, 0.25) is 0 Å². The molecule has 4 aromatic rings. The van der Waals surface area contributed by atoms with E-state index in [2.05, 4.69) is 10.3 Å². The van der Waals surface area contributed by atoms with Crippen LogP contribution < -0.4 is 5.32 Å². The Morgan fingerprint density at radius 2 is 1.56 bits per heavy atom. The Kier molecular flexibility index (Phi) is 8.12. The summed E-state index contributed by atoms with van der Waals surface area (Å²) >= 11 is 1.31. The van der Waals surface area contributed by atoms with Crippen molar-refractivity contribution < 1.29 is 22.4 Å². The first-order valence-electron chi connectivity index (χ1n) is 11.2. The molecule has 36 heavy (non-hydrogen) atoms. The molecule has 1 heterocycles. The molecule has 4 nitrogen and oxygen atoms in total. The van der Waals surface area contributed by atoms with Crippen molar-refractivity contribution in [2.45, 2.75) is 32.4 Å². The lowest BCUT2D eigenvalue weighted by molar-refractivity contribution is -0.137. The number of halogens is 4. The average Bonchev–Trinajstić information content (AvgIpc) is 3.33. The van der Waals surface area contributed by atoms with E-state index >= 15 is 0 Å². The summed E-state index contributed by atoms with van der Waals surface area (Å²) in [7, 11) is 0. The zero-order chi connectivity index (χ0) is 25.5. The second kappa shape index (κ2) is 11.5. The maximum atomic E-state index is 13.4. The van der Waals surface area contributed by atoms with E-state index in [1.54, 1.807) is 23.6 Å². The van der Waals surface area contributed by atoms with Crippen molar-refractivity contribution in [3.63, 3.8) is 0 Å². The molecule has 0 aliphatic rings. The standard InChI is InChI=1S/C27H23F4N3OS/c28-23-11-9-20(10-12-23)15-34(16-21-7-4-8-22(13-21)27(29,30)31)17-25-33-24(18-36-25)26(35)32-14-19-5-2-1-3-6-19/h1-13,18H,14-17H2,(H,32,35). The predicted molar refractivity (Wildman–Crippen MR) is 131 cm³/mol. The van der Waals surface area contributed by atoms with E-state index in [9.17, 15) is 22.4 Å². The third kappa shape index (κ3) is 7.22. The van der Waals surface area contributed by atoms with Gasteiger partial charge in [-0.3, -0.25) is 9.69 Å². The van der Waals surface area contributed by atoms with Gasteiger partial charge in [0.05, 0.1) is 12.1 Å². The summed E-state index contributed by atoms with van der Waals surface area (Å²) in [5.74, 6) is -0.668. The molecule has 4 rings (SSSR count). The SMILES string of the molecule is O=C(NCc1ccccc1)c1csc(CN(Cc2ccc(F)cc2)Cc2cccc(C(F)(F)F)c2)n1. The van der Waals surface area contributed by atoms with Gasteiger partial charge in [0, 0.05) is 25.0 Å². The summed E-state index contributed by atoms with van der Waals surface area (Å²) < 4.78 is 52.9. The topological polar surface area (TPSA) is 45.2 Å². The Balaban J connectivity index is 1.47. The van der Waals surface area contributed by atoms with E-state index in [0.717, 1.165) is 23.3 Å². The van der Waals surface area contributed by atoms with Gasteiger partial charge in [0.25, 0.3) is 5.91 Å². The Morgan fingerprint density at radius 3 is 2.28 bits per heavy atom. The number of benzene rings is 3. The first-order valence-corrected chi connectivity index (χ1v) is 12.0. The van der Waals surface area contributed by atoms with Crippen molar-refractivity contribution in [3.05, 3.63) is 123 Å². The fourth-order valence-corrected chi connectivity index (χ4v) is 4.48. The first kappa shape index (κ1) is 25.5. The summed E-state index contributed by atoms with van der Waals surface area (Å²) in [4.78, 5) is 18.9. The van der Waals surface area contributed by atoms with Gasteiger partial charge >= 0.3 is 6.18 Å². The van der Waals surface area contributed by atoms with Crippen LogP contribution in [-0.2, 0) is 32.4 Å². The Hall–Kier alpha value is -3.56. The van der Waals surface area contributed by atoms with Gasteiger partial charge in [-0.05, 0) is 34.9 Å². The van der Waals surface area contributed by atoms with Crippen molar-refractivity contribution in [1.29, 1.82) is 0 Å². The van der Waals surface area contributed by atoms with Gasteiger partial charge in [-0.2, -0.15) is 13.2 Å². The summed E-state index contributed by atoms with van der Waals surface area (Å²) in [5.41, 5.74) is 1.83. The molecule has 0 bridgehead atoms. The molecule has 0 spiro atoms. The fraction of sp³-hybridized carbons (Fsp3) is 0.185. The number of nitrogens with zero attached hydrogens (tertiary/aromatic N) is 2. The molecular weight excluding hydrogens is 490 g/mol. The smallest absolute Gasteiger partial charge is 0.347 e. The molecule has 1 N–H and O–H groups in total. The molecule has 0 radical (unpaired) electrons. The van der Waals surface area contributed by atoms with Crippen molar-refractivity contribution in [3.8, 4) is 0 Å². The van der Waals surface area contributed by atoms with Gasteiger partial charge in [0.2, 0.25) is 0 Å². The van der Waals surface area contributed by atoms with Crippen LogP contribution in [0.25, 0.3) is 0 Å². The Labute approximate surface area is 210 Å². The minimum atomic E-state index is -4.44. The van der Waals surface area contributed by atoms with Gasteiger partial charge in [-0.15, -0.1) is 11.3 Å². The maximum Gasteiger partial charge on any atom is 0.416 e. The second-order valence-corrected chi connectivity index (χ2v) is 9.21. The summed E-state index contributed by atoms with van der Waals surface area (Å²) in [6, 6.07) is 20.6. The largest absolute Gasteiger partial charge is 0.416 e. The highest BCUT2D eigenvalue weighted by molar-refractivity contribution is 7.09. The van der Waals surface area contributed by atoms with Crippen LogP contribution in [0.5, 0.6) is 0 Å². The van der Waals surface area contributed by atoms with Gasteiger partial charge in [-0.1, -0.05) is 60.7 Å². The van der Waals surface area contributed by atoms with E-state index in [-0.39, 0.29) is 24.0 Å². The van der Waals surface area contributed by atoms with Crippen LogP contribution in [0.1, 0.15) is 37.7 Å². The molecule has 0 saturated carbocycles. The molecule has 0 saturated heterocycles. The number of carbonyl (C=O) groups excluding carboxylic acids is 1. The summed E-state index contributed by atoms with van der Waals surface area (Å²) in [6.07, 6.45) is -4.44. The van der Waals surface area contributed by atoms with Crippen LogP contribution >= 0.6 is 11.3 Å². The number of thiazole rings is 1. The molecule has 0 unspecified atom stereocenters. The normalized spacial score (nSPS) is 11.6. The van der Waals surface area contributed by atoms with Crippen LogP contribution in [0.15, 0.2) is 84.2 Å². The quantitative estimate of drug-likeness (QED) is 0.262. The van der Waals surface area contributed by atoms with Gasteiger partial charge in [-0.25, -0.2) is 9.37 Å². The zero-order valence-electron chi connectivity index (χ0n) is 19.1. The summed E-state index contributed by atoms with van der Waals surface area (Å²) in [6.45, 7) is 1.27. The van der Waals surface area contributed by atoms with Crippen LogP contribution in [0.3, 0.4) is 0 Å². The molecule has 0 aliphatic heterocycles. The van der Waals surface area contributed by atoms with Crippen LogP contribution in [-0.4, -0.2) is 15.8 Å². The molecule has 1 amide bonds. The minimum absolute atomic E-state index is 0.219. The van der Waals surface area contributed by atoms with Crippen molar-refractivity contribution in [2.24, 2.45) is 0 Å². The number of carbonyl (C=O) groups is 1. The minimum Gasteiger partial charge on any atom is -0.347 e. The third-order valence-corrected chi connectivity index (χ3v) is 6.25. The van der Waals surface area contributed by atoms with E-state index in [1.165, 1.54) is 29.5 Å². The van der Waals surface area contributed by atoms with E-state index < -0.39 is 11.7 Å². The second-order valence-electron chi connectivity index (χ2n) is 8.26. The van der Waals surface area contributed by atoms with Crippen molar-refractivity contribution >= 4 is 17.2 Å². The van der Waals surface area contributed by atoms with Crippen molar-refractivity contribution in [2.75, 3.05) is 0 Å². The number of rotatable bonds is 9. The molecule has 186 valence electrons. The Morgan fingerprint density at radius 1 is 0.861 bits per heavy atom. The molecular formula is C27H23F4N3OS. The average molecular weight is 514 g/mol. The number of hydrogen-bond donors (Lipinski definition) is 1. The van der Waals surface area contributed by atoms with Crippen LogP contribution in [0.4, 0.5) is 17.6 Å². The highest BCUT2D eigenvalue weighted by Gasteiger charge is 2.30.